The summed E-state index contributed by atoms with van der Waals surface area (Å²) in [6.45, 7) is 1.93. The SMILES string of the molecule is C[C@@H](Cc1cnccn1)N(C)C(=O)CCCC(=O)O. The number of nitrogens with zero attached hydrogens (tertiary/aromatic N) is 3. The molecular weight excluding hydrogens is 246 g/mol. The number of carboxylic acids is 1. The van der Waals surface area contributed by atoms with Crippen molar-refractivity contribution in [2.45, 2.75) is 38.6 Å². The lowest BCUT2D eigenvalue weighted by Crippen LogP contribution is -2.36. The lowest BCUT2D eigenvalue weighted by Gasteiger charge is -2.24. The number of rotatable bonds is 7. The molecule has 0 radical (unpaired) electrons. The number of aromatic nitrogens is 2. The van der Waals surface area contributed by atoms with Crippen LogP contribution in [0.25, 0.3) is 0 Å². The van der Waals surface area contributed by atoms with Gasteiger partial charge in [-0.1, -0.05) is 0 Å². The largest absolute Gasteiger partial charge is 0.481 e. The Morgan fingerprint density at radius 2 is 2.11 bits per heavy atom. The second-order valence-corrected chi connectivity index (χ2v) is 4.50. The van der Waals surface area contributed by atoms with Crippen LogP contribution in [0, 0.1) is 0 Å². The first kappa shape index (κ1) is 15.1. The van der Waals surface area contributed by atoms with Gasteiger partial charge in [0.1, 0.15) is 0 Å². The minimum absolute atomic E-state index is 0.00836. The molecule has 0 spiro atoms. The maximum atomic E-state index is 11.9. The van der Waals surface area contributed by atoms with Gasteiger partial charge in [0.25, 0.3) is 0 Å². The average Bonchev–Trinajstić information content (AvgIpc) is 2.38. The number of amides is 1. The van der Waals surface area contributed by atoms with Gasteiger partial charge in [0.2, 0.25) is 5.91 Å². The third kappa shape index (κ3) is 5.46. The summed E-state index contributed by atoms with van der Waals surface area (Å²) in [6, 6.07) is 0.00836. The van der Waals surface area contributed by atoms with Gasteiger partial charge in [0, 0.05) is 50.9 Å². The van der Waals surface area contributed by atoms with E-state index in [9.17, 15) is 9.59 Å². The molecule has 1 heterocycles. The molecule has 1 aromatic rings. The number of hydrogen-bond acceptors (Lipinski definition) is 4. The van der Waals surface area contributed by atoms with Gasteiger partial charge in [0.15, 0.2) is 0 Å². The first-order valence-corrected chi connectivity index (χ1v) is 6.23. The van der Waals surface area contributed by atoms with Crippen LogP contribution in [0.2, 0.25) is 0 Å². The highest BCUT2D eigenvalue weighted by atomic mass is 16.4. The molecule has 1 atom stereocenters. The van der Waals surface area contributed by atoms with Crippen molar-refractivity contribution in [3.05, 3.63) is 24.3 Å². The van der Waals surface area contributed by atoms with E-state index in [-0.39, 0.29) is 24.8 Å². The summed E-state index contributed by atoms with van der Waals surface area (Å²) in [5.41, 5.74) is 0.834. The van der Waals surface area contributed by atoms with Gasteiger partial charge in [0.05, 0.1) is 5.69 Å². The lowest BCUT2D eigenvalue weighted by atomic mass is 10.1. The second kappa shape index (κ2) is 7.45. The van der Waals surface area contributed by atoms with Gasteiger partial charge in [-0.2, -0.15) is 0 Å². The number of carboxylic acid groups (broad SMARTS) is 1. The summed E-state index contributed by atoms with van der Waals surface area (Å²) in [6.07, 6.45) is 6.20. The zero-order valence-corrected chi connectivity index (χ0v) is 11.2. The summed E-state index contributed by atoms with van der Waals surface area (Å²) < 4.78 is 0. The van der Waals surface area contributed by atoms with Crippen LogP contribution in [0.15, 0.2) is 18.6 Å². The van der Waals surface area contributed by atoms with E-state index >= 15 is 0 Å². The smallest absolute Gasteiger partial charge is 0.303 e. The summed E-state index contributed by atoms with van der Waals surface area (Å²) in [5, 5.41) is 8.53. The van der Waals surface area contributed by atoms with E-state index in [2.05, 4.69) is 9.97 Å². The van der Waals surface area contributed by atoms with E-state index in [0.717, 1.165) is 5.69 Å². The first-order valence-electron chi connectivity index (χ1n) is 6.23. The van der Waals surface area contributed by atoms with Gasteiger partial charge in [-0.3, -0.25) is 19.6 Å². The summed E-state index contributed by atoms with van der Waals surface area (Å²) in [7, 11) is 1.73. The van der Waals surface area contributed by atoms with Crippen molar-refractivity contribution in [2.24, 2.45) is 0 Å². The molecule has 6 heteroatoms. The van der Waals surface area contributed by atoms with E-state index in [4.69, 9.17) is 5.11 Å². The molecule has 0 aliphatic carbocycles. The molecule has 0 bridgehead atoms. The third-order valence-corrected chi connectivity index (χ3v) is 2.96. The minimum Gasteiger partial charge on any atom is -0.481 e. The minimum atomic E-state index is -0.872. The lowest BCUT2D eigenvalue weighted by molar-refractivity contribution is -0.137. The molecule has 1 amide bonds. The zero-order chi connectivity index (χ0) is 14.3. The molecule has 104 valence electrons. The Labute approximate surface area is 112 Å². The van der Waals surface area contributed by atoms with Crippen LogP contribution < -0.4 is 0 Å². The normalized spacial score (nSPS) is 11.9. The topological polar surface area (TPSA) is 83.4 Å². The van der Waals surface area contributed by atoms with Gasteiger partial charge in [-0.05, 0) is 13.3 Å². The fraction of sp³-hybridized carbons (Fsp3) is 0.538. The summed E-state index contributed by atoms with van der Waals surface area (Å²) in [5.74, 6) is -0.916. The van der Waals surface area contributed by atoms with Crippen LogP contribution in [0.5, 0.6) is 0 Å². The molecular formula is C13H19N3O3. The fourth-order valence-corrected chi connectivity index (χ4v) is 1.69. The highest BCUT2D eigenvalue weighted by molar-refractivity contribution is 5.77. The number of aliphatic carboxylic acids is 1. The van der Waals surface area contributed by atoms with Crippen LogP contribution in [0.4, 0.5) is 0 Å². The van der Waals surface area contributed by atoms with E-state index in [1.807, 2.05) is 6.92 Å². The summed E-state index contributed by atoms with van der Waals surface area (Å²) >= 11 is 0. The van der Waals surface area contributed by atoms with Crippen molar-refractivity contribution < 1.29 is 14.7 Å². The van der Waals surface area contributed by atoms with Crippen molar-refractivity contribution in [3.63, 3.8) is 0 Å². The molecule has 0 aliphatic heterocycles. The van der Waals surface area contributed by atoms with E-state index in [0.29, 0.717) is 12.8 Å². The van der Waals surface area contributed by atoms with Gasteiger partial charge < -0.3 is 10.0 Å². The highest BCUT2D eigenvalue weighted by Gasteiger charge is 2.16. The Morgan fingerprint density at radius 1 is 1.37 bits per heavy atom. The van der Waals surface area contributed by atoms with E-state index in [1.165, 1.54) is 0 Å². The van der Waals surface area contributed by atoms with Crippen LogP contribution in [-0.4, -0.2) is 44.9 Å². The molecule has 0 unspecified atom stereocenters. The quantitative estimate of drug-likeness (QED) is 0.798. The van der Waals surface area contributed by atoms with Gasteiger partial charge >= 0.3 is 5.97 Å². The van der Waals surface area contributed by atoms with Crippen molar-refractivity contribution in [1.82, 2.24) is 14.9 Å². The van der Waals surface area contributed by atoms with Crippen molar-refractivity contribution >= 4 is 11.9 Å². The standard InChI is InChI=1S/C13H19N3O3/c1-10(8-11-9-14-6-7-15-11)16(2)12(17)4-3-5-13(18)19/h6-7,9-10H,3-5,8H2,1-2H3,(H,18,19)/t10-/m0/s1. The first-order chi connectivity index (χ1) is 9.00. The number of likely N-dealkylation sites (N-methyl/N-ethyl adjacent to an activating group) is 1. The number of carbonyl (C=O) groups excluding carboxylic acids is 1. The zero-order valence-electron chi connectivity index (χ0n) is 11.2. The molecule has 0 aromatic carbocycles. The molecule has 1 aromatic heterocycles. The molecule has 0 fully saturated rings. The van der Waals surface area contributed by atoms with Crippen LogP contribution in [0.1, 0.15) is 31.9 Å². The van der Waals surface area contributed by atoms with Gasteiger partial charge in [-0.15, -0.1) is 0 Å². The molecule has 0 aliphatic rings. The van der Waals surface area contributed by atoms with Crippen molar-refractivity contribution in [2.75, 3.05) is 7.05 Å². The molecule has 1 rings (SSSR count). The maximum Gasteiger partial charge on any atom is 0.303 e. The summed E-state index contributed by atoms with van der Waals surface area (Å²) in [4.78, 5) is 32.0. The Morgan fingerprint density at radius 3 is 2.68 bits per heavy atom. The Kier molecular flexibility index (Phi) is 5.92. The fourth-order valence-electron chi connectivity index (χ4n) is 1.69. The molecule has 1 N–H and O–H groups in total. The maximum absolute atomic E-state index is 11.9. The number of carbonyl (C=O) groups is 2. The monoisotopic (exact) mass is 265 g/mol. The molecule has 19 heavy (non-hydrogen) atoms. The average molecular weight is 265 g/mol. The molecule has 0 saturated carbocycles. The highest BCUT2D eigenvalue weighted by Crippen LogP contribution is 2.07. The van der Waals surface area contributed by atoms with Gasteiger partial charge in [-0.25, -0.2) is 0 Å². The Balaban J connectivity index is 2.41. The van der Waals surface area contributed by atoms with Crippen LogP contribution >= 0.6 is 0 Å². The van der Waals surface area contributed by atoms with Crippen LogP contribution in [0.3, 0.4) is 0 Å². The molecule has 0 saturated heterocycles. The van der Waals surface area contributed by atoms with Crippen LogP contribution in [-0.2, 0) is 16.0 Å². The van der Waals surface area contributed by atoms with E-state index < -0.39 is 5.97 Å². The van der Waals surface area contributed by atoms with E-state index in [1.54, 1.807) is 30.5 Å². The Bertz CT molecular complexity index is 422. The second-order valence-electron chi connectivity index (χ2n) is 4.50. The molecule has 6 nitrogen and oxygen atoms in total. The predicted molar refractivity (Wildman–Crippen MR) is 69.5 cm³/mol. The number of hydrogen-bond donors (Lipinski definition) is 1. The predicted octanol–water partition coefficient (Wildman–Crippen LogP) is 1.12. The van der Waals surface area contributed by atoms with Crippen molar-refractivity contribution in [3.8, 4) is 0 Å². The van der Waals surface area contributed by atoms with Crippen molar-refractivity contribution in [1.29, 1.82) is 0 Å². The third-order valence-electron chi connectivity index (χ3n) is 2.96. The Hall–Kier alpha value is -1.98.